The zero-order valence-corrected chi connectivity index (χ0v) is 14.9. The molecule has 0 aliphatic carbocycles. The van der Waals surface area contributed by atoms with Gasteiger partial charge in [0.1, 0.15) is 11.5 Å². The van der Waals surface area contributed by atoms with E-state index in [1.165, 1.54) is 7.11 Å². The molecule has 2 aromatic rings. The molecule has 130 valence electrons. The maximum atomic E-state index is 12.6. The number of amides is 1. The molecule has 1 amide bonds. The third-order valence-electron chi connectivity index (χ3n) is 3.48. The molecule has 0 unspecified atom stereocenters. The van der Waals surface area contributed by atoms with Crippen molar-refractivity contribution in [2.45, 2.75) is 13.5 Å². The number of hydrogen-bond donors (Lipinski definition) is 2. The number of halogens is 1. The molecule has 2 N–H and O–H groups in total. The Hall–Kier alpha value is -2.24. The number of rotatable bonds is 7. The van der Waals surface area contributed by atoms with E-state index in [-0.39, 0.29) is 18.3 Å². The lowest BCUT2D eigenvalue weighted by Gasteiger charge is -2.13. The number of para-hydroxylation sites is 1. The molecule has 24 heavy (non-hydrogen) atoms. The molecular weight excluding hydrogens is 328 g/mol. The predicted octanol–water partition coefficient (Wildman–Crippen LogP) is 3.49. The number of carbonyl (C=O) groups is 1. The van der Waals surface area contributed by atoms with Gasteiger partial charge in [-0.25, -0.2) is 0 Å². The van der Waals surface area contributed by atoms with Crippen molar-refractivity contribution >= 4 is 24.0 Å². The van der Waals surface area contributed by atoms with Gasteiger partial charge in [-0.15, -0.1) is 12.4 Å². The fourth-order valence-corrected chi connectivity index (χ4v) is 2.24. The summed E-state index contributed by atoms with van der Waals surface area (Å²) in [5.74, 6) is 0.883. The summed E-state index contributed by atoms with van der Waals surface area (Å²) >= 11 is 0. The van der Waals surface area contributed by atoms with Crippen molar-refractivity contribution in [2.75, 3.05) is 26.1 Å². The molecule has 0 spiro atoms. The Balaban J connectivity index is 0.00000288. The Kier molecular flexibility index (Phi) is 8.09. The highest BCUT2D eigenvalue weighted by atomic mass is 35.5. The summed E-state index contributed by atoms with van der Waals surface area (Å²) in [4.78, 5) is 12.6. The van der Waals surface area contributed by atoms with Gasteiger partial charge in [-0.3, -0.25) is 4.79 Å². The molecular formula is C18H23ClN2O3. The average Bonchev–Trinajstić information content (AvgIpc) is 2.60. The molecule has 0 aliphatic rings. The first kappa shape index (κ1) is 19.8. The second kappa shape index (κ2) is 9.80. The maximum absolute atomic E-state index is 12.6. The number of nitrogens with one attached hydrogen (secondary N) is 2. The van der Waals surface area contributed by atoms with E-state index in [9.17, 15) is 4.79 Å². The molecule has 0 bridgehead atoms. The van der Waals surface area contributed by atoms with Gasteiger partial charge in [-0.1, -0.05) is 25.1 Å². The summed E-state index contributed by atoms with van der Waals surface area (Å²) in [7, 11) is 3.10. The minimum absolute atomic E-state index is 0. The van der Waals surface area contributed by atoms with Crippen LogP contribution in [0.15, 0.2) is 42.5 Å². The maximum Gasteiger partial charge on any atom is 0.259 e. The van der Waals surface area contributed by atoms with Gasteiger partial charge < -0.3 is 20.1 Å². The van der Waals surface area contributed by atoms with Crippen molar-refractivity contribution < 1.29 is 14.3 Å². The van der Waals surface area contributed by atoms with Crippen LogP contribution in [-0.2, 0) is 6.54 Å². The van der Waals surface area contributed by atoms with Crippen molar-refractivity contribution in [1.29, 1.82) is 0 Å². The van der Waals surface area contributed by atoms with Crippen LogP contribution >= 0.6 is 12.4 Å². The number of ether oxygens (including phenoxy) is 2. The van der Waals surface area contributed by atoms with Gasteiger partial charge in [0.15, 0.2) is 0 Å². The number of methoxy groups -OCH3 is 2. The van der Waals surface area contributed by atoms with E-state index in [2.05, 4.69) is 10.6 Å². The third kappa shape index (κ3) is 4.88. The number of carbonyl (C=O) groups excluding carboxylic acids is 1. The molecule has 5 nitrogen and oxygen atoms in total. The molecule has 0 atom stereocenters. The summed E-state index contributed by atoms with van der Waals surface area (Å²) < 4.78 is 10.5. The van der Waals surface area contributed by atoms with E-state index in [0.717, 1.165) is 17.8 Å². The number of hydrogen-bond acceptors (Lipinski definition) is 4. The Morgan fingerprint density at radius 1 is 1.08 bits per heavy atom. The lowest BCUT2D eigenvalue weighted by atomic mass is 10.1. The third-order valence-corrected chi connectivity index (χ3v) is 3.48. The smallest absolute Gasteiger partial charge is 0.259 e. The lowest BCUT2D eigenvalue weighted by molar-refractivity contribution is 0.102. The Morgan fingerprint density at radius 2 is 1.83 bits per heavy atom. The van der Waals surface area contributed by atoms with Crippen molar-refractivity contribution in [3.05, 3.63) is 53.6 Å². The minimum atomic E-state index is -0.232. The zero-order chi connectivity index (χ0) is 16.7. The van der Waals surface area contributed by atoms with Gasteiger partial charge in [0, 0.05) is 12.2 Å². The fraction of sp³-hybridized carbons (Fsp3) is 0.278. The second-order valence-corrected chi connectivity index (χ2v) is 4.96. The van der Waals surface area contributed by atoms with Gasteiger partial charge >= 0.3 is 0 Å². The number of anilines is 1. The quantitative estimate of drug-likeness (QED) is 0.802. The van der Waals surface area contributed by atoms with Crippen molar-refractivity contribution in [1.82, 2.24) is 5.32 Å². The average molecular weight is 351 g/mol. The van der Waals surface area contributed by atoms with Gasteiger partial charge in [0.2, 0.25) is 0 Å². The highest BCUT2D eigenvalue weighted by molar-refractivity contribution is 6.06. The molecule has 2 aromatic carbocycles. The van der Waals surface area contributed by atoms with Crippen LogP contribution in [0.3, 0.4) is 0 Å². The minimum Gasteiger partial charge on any atom is -0.497 e. The first-order valence-electron chi connectivity index (χ1n) is 7.51. The molecule has 0 fully saturated rings. The highest BCUT2D eigenvalue weighted by Gasteiger charge is 2.15. The van der Waals surface area contributed by atoms with Crippen LogP contribution in [0.25, 0.3) is 0 Å². The van der Waals surface area contributed by atoms with Gasteiger partial charge in [-0.05, 0) is 36.4 Å². The van der Waals surface area contributed by atoms with Crippen molar-refractivity contribution in [2.24, 2.45) is 0 Å². The topological polar surface area (TPSA) is 59.6 Å². The molecule has 6 heteroatoms. The molecule has 0 radical (unpaired) electrons. The Bertz CT molecular complexity index is 677. The molecule has 2 rings (SSSR count). The van der Waals surface area contributed by atoms with Crippen LogP contribution in [0, 0.1) is 0 Å². The van der Waals surface area contributed by atoms with Gasteiger partial charge in [0.05, 0.1) is 19.8 Å². The van der Waals surface area contributed by atoms with E-state index in [1.54, 1.807) is 25.3 Å². The van der Waals surface area contributed by atoms with E-state index in [4.69, 9.17) is 9.47 Å². The van der Waals surface area contributed by atoms with E-state index >= 15 is 0 Å². The summed E-state index contributed by atoms with van der Waals surface area (Å²) in [6.45, 7) is 3.61. The monoisotopic (exact) mass is 350 g/mol. The van der Waals surface area contributed by atoms with E-state index in [1.807, 2.05) is 31.2 Å². The van der Waals surface area contributed by atoms with E-state index in [0.29, 0.717) is 23.6 Å². The van der Waals surface area contributed by atoms with Crippen LogP contribution in [0.5, 0.6) is 11.5 Å². The fourth-order valence-electron chi connectivity index (χ4n) is 2.24. The molecule has 0 saturated heterocycles. The summed E-state index contributed by atoms with van der Waals surface area (Å²) in [6, 6.07) is 12.9. The van der Waals surface area contributed by atoms with Crippen LogP contribution in [0.1, 0.15) is 22.8 Å². The Morgan fingerprint density at radius 3 is 2.50 bits per heavy atom. The van der Waals surface area contributed by atoms with Crippen LogP contribution < -0.4 is 20.1 Å². The SMILES string of the molecule is CCNCc1ccccc1NC(=O)c1cc(OC)ccc1OC.Cl. The van der Waals surface area contributed by atoms with Gasteiger partial charge in [-0.2, -0.15) is 0 Å². The second-order valence-electron chi connectivity index (χ2n) is 4.96. The molecule has 0 heterocycles. The Labute approximate surface area is 148 Å². The lowest BCUT2D eigenvalue weighted by Crippen LogP contribution is -2.17. The highest BCUT2D eigenvalue weighted by Crippen LogP contribution is 2.25. The first-order valence-corrected chi connectivity index (χ1v) is 7.51. The molecule has 0 aromatic heterocycles. The standard InChI is InChI=1S/C18H22N2O3.ClH/c1-4-19-12-13-7-5-6-8-16(13)20-18(21)15-11-14(22-2)9-10-17(15)23-3;/h5-11,19H,4,12H2,1-3H3,(H,20,21);1H. The summed E-state index contributed by atoms with van der Waals surface area (Å²) in [5.41, 5.74) is 2.25. The molecule has 0 aliphatic heterocycles. The summed E-state index contributed by atoms with van der Waals surface area (Å²) in [5, 5.41) is 6.21. The number of benzene rings is 2. The van der Waals surface area contributed by atoms with Crippen LogP contribution in [0.2, 0.25) is 0 Å². The first-order chi connectivity index (χ1) is 11.2. The normalized spacial score (nSPS) is 9.79. The van der Waals surface area contributed by atoms with E-state index < -0.39 is 0 Å². The van der Waals surface area contributed by atoms with Crippen molar-refractivity contribution in [3.8, 4) is 11.5 Å². The van der Waals surface area contributed by atoms with Crippen LogP contribution in [-0.4, -0.2) is 26.7 Å². The van der Waals surface area contributed by atoms with Crippen molar-refractivity contribution in [3.63, 3.8) is 0 Å². The zero-order valence-electron chi connectivity index (χ0n) is 14.1. The van der Waals surface area contributed by atoms with Gasteiger partial charge in [0.25, 0.3) is 5.91 Å². The predicted molar refractivity (Wildman–Crippen MR) is 98.6 cm³/mol. The summed E-state index contributed by atoms with van der Waals surface area (Å²) in [6.07, 6.45) is 0. The molecule has 0 saturated carbocycles. The van der Waals surface area contributed by atoms with Crippen LogP contribution in [0.4, 0.5) is 5.69 Å². The largest absolute Gasteiger partial charge is 0.497 e.